The number of rotatable bonds is 7. The molecule has 0 bridgehead atoms. The molecule has 0 N–H and O–H groups in total. The van der Waals surface area contributed by atoms with E-state index in [4.69, 9.17) is 4.74 Å². The number of hydrogen-bond donors (Lipinski definition) is 0. The van der Waals surface area contributed by atoms with E-state index < -0.39 is 11.7 Å². The van der Waals surface area contributed by atoms with Gasteiger partial charge in [0.25, 0.3) is 0 Å². The lowest BCUT2D eigenvalue weighted by atomic mass is 10.0. The van der Waals surface area contributed by atoms with Crippen molar-refractivity contribution in [2.75, 3.05) is 20.3 Å². The second-order valence-corrected chi connectivity index (χ2v) is 5.23. The van der Waals surface area contributed by atoms with Gasteiger partial charge in [-0.1, -0.05) is 12.1 Å². The predicted octanol–water partition coefficient (Wildman–Crippen LogP) is 3.37. The molecule has 0 saturated carbocycles. The Balaban J connectivity index is 2.23. The summed E-state index contributed by atoms with van der Waals surface area (Å²) in [5.41, 5.74) is 1.01. The number of carbonyl (C=O) groups excluding carboxylic acids is 1. The second kappa shape index (κ2) is 7.92. The van der Waals surface area contributed by atoms with Crippen LogP contribution in [0, 0.1) is 0 Å². The minimum absolute atomic E-state index is 0.312. The summed E-state index contributed by atoms with van der Waals surface area (Å²) in [7, 11) is 1.54. The molecule has 2 rings (SSSR count). The summed E-state index contributed by atoms with van der Waals surface area (Å²) < 4.78 is 43.4. The van der Waals surface area contributed by atoms with Crippen LogP contribution in [0.4, 0.5) is 13.2 Å². The zero-order chi connectivity index (χ0) is 17.6. The van der Waals surface area contributed by atoms with E-state index >= 15 is 0 Å². The summed E-state index contributed by atoms with van der Waals surface area (Å²) in [6.45, 7) is 1.14. The van der Waals surface area contributed by atoms with Gasteiger partial charge in [0.05, 0.1) is 12.2 Å². The van der Waals surface area contributed by atoms with Gasteiger partial charge in [0, 0.05) is 38.2 Å². The molecule has 0 aliphatic rings. The highest BCUT2D eigenvalue weighted by Crippen LogP contribution is 2.32. The molecule has 0 radical (unpaired) electrons. The topological polar surface area (TPSA) is 42.4 Å². The maximum atomic E-state index is 12.8. The van der Waals surface area contributed by atoms with Crippen LogP contribution in [-0.4, -0.2) is 36.6 Å². The largest absolute Gasteiger partial charge is 0.416 e. The number of carbonyl (C=O) groups is 1. The highest BCUT2D eigenvalue weighted by molar-refractivity contribution is 5.64. The standard InChI is InChI=1S/C17H17F3N2O2/c1-24-6-5-22(12-23)11-13-7-15(10-21-9-13)14-3-2-4-16(8-14)17(18,19)20/h2-4,7-10,12H,5-6,11H2,1H3. The predicted molar refractivity (Wildman–Crippen MR) is 83.0 cm³/mol. The van der Waals surface area contributed by atoms with Gasteiger partial charge >= 0.3 is 6.18 Å². The Bertz CT molecular complexity index is 690. The number of aromatic nitrogens is 1. The number of amides is 1. The third-order valence-electron chi connectivity index (χ3n) is 3.44. The van der Waals surface area contributed by atoms with E-state index in [2.05, 4.69) is 4.98 Å². The molecule has 0 saturated heterocycles. The van der Waals surface area contributed by atoms with Crippen LogP contribution in [0.15, 0.2) is 42.7 Å². The third kappa shape index (κ3) is 4.79. The van der Waals surface area contributed by atoms with E-state index in [1.807, 2.05) is 0 Å². The summed E-state index contributed by atoms with van der Waals surface area (Å²) in [5, 5.41) is 0. The van der Waals surface area contributed by atoms with Crippen LogP contribution in [0.25, 0.3) is 11.1 Å². The minimum atomic E-state index is -4.39. The van der Waals surface area contributed by atoms with Gasteiger partial charge < -0.3 is 9.64 Å². The van der Waals surface area contributed by atoms with Crippen LogP contribution in [0.2, 0.25) is 0 Å². The van der Waals surface area contributed by atoms with E-state index in [9.17, 15) is 18.0 Å². The maximum absolute atomic E-state index is 12.8. The van der Waals surface area contributed by atoms with E-state index in [-0.39, 0.29) is 0 Å². The number of pyridine rings is 1. The average molecular weight is 338 g/mol. The van der Waals surface area contributed by atoms with Crippen molar-refractivity contribution in [2.45, 2.75) is 12.7 Å². The summed E-state index contributed by atoms with van der Waals surface area (Å²) in [5.74, 6) is 0. The van der Waals surface area contributed by atoms with Gasteiger partial charge in [0.1, 0.15) is 0 Å². The number of alkyl halides is 3. The molecule has 0 atom stereocenters. The Kier molecular flexibility index (Phi) is 5.92. The first-order valence-corrected chi connectivity index (χ1v) is 7.24. The fraction of sp³-hybridized carbons (Fsp3) is 0.294. The maximum Gasteiger partial charge on any atom is 0.416 e. The molecule has 2 aromatic rings. The van der Waals surface area contributed by atoms with Crippen LogP contribution >= 0.6 is 0 Å². The molecule has 0 aliphatic heterocycles. The number of benzene rings is 1. The molecule has 0 aliphatic carbocycles. The van der Waals surface area contributed by atoms with E-state index in [1.165, 1.54) is 17.2 Å². The molecule has 1 aromatic heterocycles. The SMILES string of the molecule is COCCN(C=O)Cc1cncc(-c2cccc(C(F)(F)F)c2)c1. The summed E-state index contributed by atoms with van der Waals surface area (Å²) >= 11 is 0. The summed E-state index contributed by atoms with van der Waals surface area (Å²) in [6.07, 6.45) is -0.606. The number of hydrogen-bond acceptors (Lipinski definition) is 3. The van der Waals surface area contributed by atoms with Crippen molar-refractivity contribution >= 4 is 6.41 Å². The van der Waals surface area contributed by atoms with E-state index in [0.717, 1.165) is 17.7 Å². The molecular weight excluding hydrogens is 321 g/mol. The van der Waals surface area contributed by atoms with Gasteiger partial charge in [-0.2, -0.15) is 13.2 Å². The zero-order valence-corrected chi connectivity index (χ0v) is 13.1. The molecule has 0 fully saturated rings. The zero-order valence-electron chi connectivity index (χ0n) is 13.1. The van der Waals surface area contributed by atoms with Gasteiger partial charge in [-0.25, -0.2) is 0 Å². The van der Waals surface area contributed by atoms with Crippen LogP contribution in [0.3, 0.4) is 0 Å². The number of halogens is 3. The minimum Gasteiger partial charge on any atom is -0.383 e. The lowest BCUT2D eigenvalue weighted by molar-refractivity contribution is -0.137. The number of methoxy groups -OCH3 is 1. The van der Waals surface area contributed by atoms with Crippen molar-refractivity contribution < 1.29 is 22.7 Å². The Labute approximate surface area is 137 Å². The average Bonchev–Trinajstić information content (AvgIpc) is 2.58. The number of nitrogens with zero attached hydrogens (tertiary/aromatic N) is 2. The third-order valence-corrected chi connectivity index (χ3v) is 3.44. The Morgan fingerprint density at radius 3 is 2.67 bits per heavy atom. The van der Waals surface area contributed by atoms with Crippen molar-refractivity contribution in [3.8, 4) is 11.1 Å². The van der Waals surface area contributed by atoms with Gasteiger partial charge in [0.15, 0.2) is 0 Å². The first kappa shape index (κ1) is 17.9. The molecule has 1 heterocycles. The molecule has 4 nitrogen and oxygen atoms in total. The van der Waals surface area contributed by atoms with Gasteiger partial charge in [0.2, 0.25) is 6.41 Å². The highest BCUT2D eigenvalue weighted by Gasteiger charge is 2.30. The first-order chi connectivity index (χ1) is 11.4. The summed E-state index contributed by atoms with van der Waals surface area (Å²) in [6, 6.07) is 6.80. The lowest BCUT2D eigenvalue weighted by Gasteiger charge is -2.17. The quantitative estimate of drug-likeness (QED) is 0.727. The first-order valence-electron chi connectivity index (χ1n) is 7.24. The Morgan fingerprint density at radius 2 is 2.00 bits per heavy atom. The monoisotopic (exact) mass is 338 g/mol. The highest BCUT2D eigenvalue weighted by atomic mass is 19.4. The van der Waals surface area contributed by atoms with Crippen molar-refractivity contribution in [3.63, 3.8) is 0 Å². The molecular formula is C17H17F3N2O2. The normalized spacial score (nSPS) is 11.3. The molecule has 0 spiro atoms. The lowest BCUT2D eigenvalue weighted by Crippen LogP contribution is -2.25. The molecule has 0 unspecified atom stereocenters. The molecule has 128 valence electrons. The Morgan fingerprint density at radius 1 is 1.21 bits per heavy atom. The van der Waals surface area contributed by atoms with Crippen LogP contribution in [0.1, 0.15) is 11.1 Å². The smallest absolute Gasteiger partial charge is 0.383 e. The van der Waals surface area contributed by atoms with E-state index in [0.29, 0.717) is 37.2 Å². The van der Waals surface area contributed by atoms with Crippen molar-refractivity contribution in [1.82, 2.24) is 9.88 Å². The van der Waals surface area contributed by atoms with Crippen LogP contribution in [-0.2, 0) is 22.3 Å². The second-order valence-electron chi connectivity index (χ2n) is 5.23. The van der Waals surface area contributed by atoms with Gasteiger partial charge in [-0.15, -0.1) is 0 Å². The van der Waals surface area contributed by atoms with Crippen LogP contribution < -0.4 is 0 Å². The molecule has 1 aromatic carbocycles. The summed E-state index contributed by atoms with van der Waals surface area (Å²) in [4.78, 5) is 16.6. The van der Waals surface area contributed by atoms with Crippen LogP contribution in [0.5, 0.6) is 0 Å². The Hall–Kier alpha value is -2.41. The van der Waals surface area contributed by atoms with Gasteiger partial charge in [-0.3, -0.25) is 9.78 Å². The number of ether oxygens (including phenoxy) is 1. The van der Waals surface area contributed by atoms with E-state index in [1.54, 1.807) is 25.4 Å². The van der Waals surface area contributed by atoms with Crippen molar-refractivity contribution in [2.24, 2.45) is 0 Å². The van der Waals surface area contributed by atoms with Gasteiger partial charge in [-0.05, 0) is 29.3 Å². The fourth-order valence-electron chi connectivity index (χ4n) is 2.22. The molecule has 24 heavy (non-hydrogen) atoms. The molecule has 7 heteroatoms. The fourth-order valence-corrected chi connectivity index (χ4v) is 2.22. The van der Waals surface area contributed by atoms with Crippen molar-refractivity contribution in [1.29, 1.82) is 0 Å². The van der Waals surface area contributed by atoms with Crippen molar-refractivity contribution in [3.05, 3.63) is 53.9 Å². The molecule has 1 amide bonds.